The molecule has 1 atom stereocenters. The van der Waals surface area contributed by atoms with Gasteiger partial charge in [0.1, 0.15) is 6.04 Å². The van der Waals surface area contributed by atoms with Crippen molar-refractivity contribution in [1.82, 2.24) is 15.6 Å². The van der Waals surface area contributed by atoms with E-state index in [-0.39, 0.29) is 11.8 Å². The van der Waals surface area contributed by atoms with Crippen LogP contribution in [0, 0.1) is 0 Å². The number of hydrogen-bond acceptors (Lipinski definition) is 4. The molecule has 5 nitrogen and oxygen atoms in total. The van der Waals surface area contributed by atoms with E-state index in [1.165, 1.54) is 11.3 Å². The first-order chi connectivity index (χ1) is 11.7. The van der Waals surface area contributed by atoms with Crippen LogP contribution < -0.4 is 10.6 Å². The number of thiazole rings is 1. The molecule has 6 heteroatoms. The van der Waals surface area contributed by atoms with Gasteiger partial charge < -0.3 is 10.6 Å². The van der Waals surface area contributed by atoms with Gasteiger partial charge in [-0.15, -0.1) is 11.3 Å². The molecule has 1 aromatic heterocycles. The van der Waals surface area contributed by atoms with Crippen molar-refractivity contribution in [3.8, 4) is 0 Å². The molecule has 2 N–H and O–H groups in total. The average molecular weight is 345 g/mol. The second-order valence-corrected chi connectivity index (χ2v) is 6.33. The van der Waals surface area contributed by atoms with Crippen LogP contribution in [0.25, 0.3) is 0 Å². The molecule has 1 aromatic carbocycles. The first-order valence-electron chi connectivity index (χ1n) is 8.17. The van der Waals surface area contributed by atoms with E-state index in [1.807, 2.05) is 42.6 Å². The molecule has 24 heavy (non-hydrogen) atoms. The van der Waals surface area contributed by atoms with Crippen LogP contribution in [0.15, 0.2) is 41.2 Å². The largest absolute Gasteiger partial charge is 0.349 e. The molecule has 128 valence electrons. The van der Waals surface area contributed by atoms with Crippen LogP contribution in [-0.2, 0) is 22.6 Å². The fraction of sp³-hybridized carbons (Fsp3) is 0.389. The van der Waals surface area contributed by atoms with Crippen molar-refractivity contribution in [3.63, 3.8) is 0 Å². The monoisotopic (exact) mass is 345 g/mol. The molecule has 0 fully saturated rings. The Morgan fingerprint density at radius 3 is 2.71 bits per heavy atom. The number of nitrogens with zero attached hydrogens (tertiary/aromatic N) is 1. The lowest BCUT2D eigenvalue weighted by atomic mass is 10.0. The van der Waals surface area contributed by atoms with Crippen molar-refractivity contribution in [2.75, 3.05) is 0 Å². The zero-order chi connectivity index (χ0) is 17.2. The van der Waals surface area contributed by atoms with Crippen LogP contribution in [0.3, 0.4) is 0 Å². The van der Waals surface area contributed by atoms with Gasteiger partial charge in [-0.25, -0.2) is 4.98 Å². The molecule has 0 saturated heterocycles. The fourth-order valence-corrected chi connectivity index (χ4v) is 2.85. The van der Waals surface area contributed by atoms with Gasteiger partial charge >= 0.3 is 0 Å². The zero-order valence-corrected chi connectivity index (χ0v) is 14.6. The van der Waals surface area contributed by atoms with Gasteiger partial charge in [-0.2, -0.15) is 0 Å². The maximum absolute atomic E-state index is 12.5. The van der Waals surface area contributed by atoms with Crippen LogP contribution in [0.2, 0.25) is 0 Å². The molecule has 2 amide bonds. The number of carbonyl (C=O) groups excluding carboxylic acids is 2. The smallest absolute Gasteiger partial charge is 0.243 e. The van der Waals surface area contributed by atoms with Gasteiger partial charge in [0, 0.05) is 18.2 Å². The van der Waals surface area contributed by atoms with E-state index in [1.54, 1.807) is 5.51 Å². The molecule has 0 unspecified atom stereocenters. The van der Waals surface area contributed by atoms with Crippen molar-refractivity contribution in [3.05, 3.63) is 52.5 Å². The quantitative estimate of drug-likeness (QED) is 0.734. The highest BCUT2D eigenvalue weighted by Gasteiger charge is 2.21. The summed E-state index contributed by atoms with van der Waals surface area (Å²) in [5, 5.41) is 7.61. The Kier molecular flexibility index (Phi) is 7.42. The van der Waals surface area contributed by atoms with E-state index in [0.717, 1.165) is 24.1 Å². The zero-order valence-electron chi connectivity index (χ0n) is 13.8. The molecular formula is C18H23N3O2S. The number of unbranched alkanes of at least 4 members (excludes halogenated alkanes) is 1. The maximum atomic E-state index is 12.5. The Bertz CT molecular complexity index is 629. The van der Waals surface area contributed by atoms with Crippen LogP contribution in [0.5, 0.6) is 0 Å². The molecular weight excluding hydrogens is 322 g/mol. The Labute approximate surface area is 146 Å². The third kappa shape index (κ3) is 6.12. The first kappa shape index (κ1) is 18.1. The van der Waals surface area contributed by atoms with E-state index in [0.29, 0.717) is 19.4 Å². The van der Waals surface area contributed by atoms with E-state index >= 15 is 0 Å². The van der Waals surface area contributed by atoms with E-state index in [9.17, 15) is 9.59 Å². The number of carbonyl (C=O) groups is 2. The number of benzene rings is 1. The van der Waals surface area contributed by atoms with Crippen molar-refractivity contribution >= 4 is 23.2 Å². The summed E-state index contributed by atoms with van der Waals surface area (Å²) in [6.07, 6.45) is 2.69. The Morgan fingerprint density at radius 2 is 2.04 bits per heavy atom. The minimum Gasteiger partial charge on any atom is -0.349 e. The highest BCUT2D eigenvalue weighted by molar-refractivity contribution is 7.07. The summed E-state index contributed by atoms with van der Waals surface area (Å²) >= 11 is 1.49. The topological polar surface area (TPSA) is 71.1 Å². The van der Waals surface area contributed by atoms with Crippen molar-refractivity contribution in [2.45, 2.75) is 45.2 Å². The highest BCUT2D eigenvalue weighted by Crippen LogP contribution is 2.06. The van der Waals surface area contributed by atoms with Gasteiger partial charge in [-0.1, -0.05) is 43.7 Å². The summed E-state index contributed by atoms with van der Waals surface area (Å²) in [6, 6.07) is 9.13. The summed E-state index contributed by atoms with van der Waals surface area (Å²) in [5.41, 5.74) is 3.57. The lowest BCUT2D eigenvalue weighted by molar-refractivity contribution is -0.129. The first-order valence-corrected chi connectivity index (χ1v) is 9.11. The second-order valence-electron chi connectivity index (χ2n) is 5.61. The lowest BCUT2D eigenvalue weighted by Crippen LogP contribution is -2.47. The number of amides is 2. The lowest BCUT2D eigenvalue weighted by Gasteiger charge is -2.18. The average Bonchev–Trinajstić information content (AvgIpc) is 3.11. The van der Waals surface area contributed by atoms with Gasteiger partial charge in [0.25, 0.3) is 0 Å². The van der Waals surface area contributed by atoms with Gasteiger partial charge in [-0.05, 0) is 12.0 Å². The molecule has 2 rings (SSSR count). The third-order valence-corrected chi connectivity index (χ3v) is 4.25. The molecule has 0 spiro atoms. The molecule has 0 aliphatic carbocycles. The summed E-state index contributed by atoms with van der Waals surface area (Å²) in [7, 11) is 0. The molecule has 0 saturated carbocycles. The van der Waals surface area contributed by atoms with Gasteiger partial charge in [0.15, 0.2) is 0 Å². The predicted octanol–water partition coefficient (Wildman–Crippen LogP) is 2.68. The van der Waals surface area contributed by atoms with Crippen molar-refractivity contribution < 1.29 is 9.59 Å². The SMILES string of the molecule is CCCCC(=O)N[C@H](Cc1ccccc1)C(=O)NCc1cscn1. The number of aromatic nitrogens is 1. The van der Waals surface area contributed by atoms with Crippen LogP contribution in [0.4, 0.5) is 0 Å². The van der Waals surface area contributed by atoms with E-state index in [2.05, 4.69) is 15.6 Å². The van der Waals surface area contributed by atoms with Crippen LogP contribution >= 0.6 is 11.3 Å². The van der Waals surface area contributed by atoms with Crippen molar-refractivity contribution in [2.24, 2.45) is 0 Å². The molecule has 2 aromatic rings. The summed E-state index contributed by atoms with van der Waals surface area (Å²) in [4.78, 5) is 28.7. The number of nitrogens with one attached hydrogen (secondary N) is 2. The molecule has 0 radical (unpaired) electrons. The molecule has 0 bridgehead atoms. The van der Waals surface area contributed by atoms with Crippen LogP contribution in [0.1, 0.15) is 37.4 Å². The number of rotatable bonds is 9. The molecule has 0 aliphatic rings. The highest BCUT2D eigenvalue weighted by atomic mass is 32.1. The Balaban J connectivity index is 1.97. The van der Waals surface area contributed by atoms with Gasteiger partial charge in [0.05, 0.1) is 17.7 Å². The fourth-order valence-electron chi connectivity index (χ4n) is 2.29. The van der Waals surface area contributed by atoms with E-state index in [4.69, 9.17) is 0 Å². The number of hydrogen-bond donors (Lipinski definition) is 2. The van der Waals surface area contributed by atoms with Gasteiger partial charge in [0.2, 0.25) is 11.8 Å². The van der Waals surface area contributed by atoms with Crippen LogP contribution in [-0.4, -0.2) is 22.8 Å². The van der Waals surface area contributed by atoms with Crippen molar-refractivity contribution in [1.29, 1.82) is 0 Å². The predicted molar refractivity (Wildman–Crippen MR) is 95.6 cm³/mol. The second kappa shape index (κ2) is 9.82. The minimum absolute atomic E-state index is 0.0819. The van der Waals surface area contributed by atoms with E-state index < -0.39 is 6.04 Å². The molecule has 0 aliphatic heterocycles. The summed E-state index contributed by atoms with van der Waals surface area (Å²) in [6.45, 7) is 2.41. The standard InChI is InChI=1S/C18H23N3O2S/c1-2-3-9-17(22)21-16(10-14-7-5-4-6-8-14)18(23)19-11-15-12-24-13-20-15/h4-8,12-13,16H,2-3,9-11H2,1H3,(H,19,23)(H,21,22)/t16-/m1/s1. The maximum Gasteiger partial charge on any atom is 0.243 e. The van der Waals surface area contributed by atoms with Gasteiger partial charge in [-0.3, -0.25) is 9.59 Å². The Hall–Kier alpha value is -2.21. The third-order valence-electron chi connectivity index (χ3n) is 3.62. The Morgan fingerprint density at radius 1 is 1.25 bits per heavy atom. The summed E-state index contributed by atoms with van der Waals surface area (Å²) < 4.78 is 0. The summed E-state index contributed by atoms with van der Waals surface area (Å²) in [5.74, 6) is -0.265. The normalized spacial score (nSPS) is 11.7. The molecule has 1 heterocycles. The minimum atomic E-state index is -0.574.